The Morgan fingerprint density at radius 1 is 1.41 bits per heavy atom. The Bertz CT molecular complexity index is 706. The van der Waals surface area contributed by atoms with Crippen LogP contribution in [0.5, 0.6) is 5.75 Å². The van der Waals surface area contributed by atoms with Crippen LogP contribution in [0.15, 0.2) is 24.3 Å². The van der Waals surface area contributed by atoms with Gasteiger partial charge in [0.05, 0.1) is 17.6 Å². The molecule has 6 nitrogen and oxygen atoms in total. The highest BCUT2D eigenvalue weighted by Gasteiger charge is 2.32. The zero-order valence-electron chi connectivity index (χ0n) is 15.2. The monoisotopic (exact) mass is 379 g/mol. The molecule has 1 unspecified atom stereocenters. The van der Waals surface area contributed by atoms with Gasteiger partial charge in [0.1, 0.15) is 12.3 Å². The van der Waals surface area contributed by atoms with Crippen molar-refractivity contribution in [3.05, 3.63) is 29.8 Å². The molecule has 1 saturated heterocycles. The smallest absolute Gasteiger partial charge is 0.387 e. The van der Waals surface area contributed by atoms with Gasteiger partial charge >= 0.3 is 6.61 Å². The second-order valence-electron chi connectivity index (χ2n) is 6.38. The van der Waals surface area contributed by atoms with Gasteiger partial charge in [-0.1, -0.05) is 19.1 Å². The van der Waals surface area contributed by atoms with Crippen LogP contribution in [0.3, 0.4) is 0 Å². The molecule has 0 spiro atoms. The van der Waals surface area contributed by atoms with Gasteiger partial charge < -0.3 is 14.5 Å². The minimum absolute atomic E-state index is 0.0161. The molecule has 27 heavy (non-hydrogen) atoms. The summed E-state index contributed by atoms with van der Waals surface area (Å²) in [5, 5.41) is 8.92. The lowest BCUT2D eigenvalue weighted by Crippen LogP contribution is -2.47. The number of hydrogen-bond acceptors (Lipinski definition) is 4. The summed E-state index contributed by atoms with van der Waals surface area (Å²) in [5.74, 6) is -1.16. The van der Waals surface area contributed by atoms with Crippen LogP contribution in [0.1, 0.15) is 36.5 Å². The molecule has 0 bridgehead atoms. The highest BCUT2D eigenvalue weighted by Crippen LogP contribution is 2.25. The number of rotatable bonds is 7. The first kappa shape index (κ1) is 20.6. The largest absolute Gasteiger partial charge is 0.434 e. The highest BCUT2D eigenvalue weighted by atomic mass is 19.3. The fourth-order valence-corrected chi connectivity index (χ4v) is 3.26. The Morgan fingerprint density at radius 2 is 2.15 bits per heavy atom. The molecule has 146 valence electrons. The van der Waals surface area contributed by atoms with Crippen molar-refractivity contribution in [2.75, 3.05) is 26.2 Å². The van der Waals surface area contributed by atoms with E-state index in [0.717, 1.165) is 6.42 Å². The zero-order chi connectivity index (χ0) is 19.8. The van der Waals surface area contributed by atoms with E-state index in [0.29, 0.717) is 25.9 Å². The van der Waals surface area contributed by atoms with E-state index in [9.17, 15) is 18.4 Å². The van der Waals surface area contributed by atoms with E-state index < -0.39 is 18.4 Å². The number of nitrogens with zero attached hydrogens (tertiary/aromatic N) is 3. The van der Waals surface area contributed by atoms with Crippen molar-refractivity contribution < 1.29 is 23.1 Å². The summed E-state index contributed by atoms with van der Waals surface area (Å²) >= 11 is 0. The number of carbonyl (C=O) groups is 2. The number of hydrogen-bond donors (Lipinski definition) is 0. The Hall–Kier alpha value is -2.69. The minimum atomic E-state index is -3.02. The number of halogens is 2. The van der Waals surface area contributed by atoms with Crippen LogP contribution >= 0.6 is 0 Å². The van der Waals surface area contributed by atoms with Gasteiger partial charge in [0.25, 0.3) is 5.91 Å². The van der Waals surface area contributed by atoms with Crippen molar-refractivity contribution in [2.45, 2.75) is 32.8 Å². The van der Waals surface area contributed by atoms with Crippen LogP contribution in [0, 0.1) is 17.2 Å². The van der Waals surface area contributed by atoms with Gasteiger partial charge in [0.2, 0.25) is 5.91 Å². The summed E-state index contributed by atoms with van der Waals surface area (Å²) in [7, 11) is 0. The average molecular weight is 379 g/mol. The molecule has 1 fully saturated rings. The molecule has 1 aliphatic rings. The summed E-state index contributed by atoms with van der Waals surface area (Å²) in [6.07, 6.45) is 2.00. The lowest BCUT2D eigenvalue weighted by Gasteiger charge is -2.34. The van der Waals surface area contributed by atoms with Gasteiger partial charge in [-0.3, -0.25) is 9.59 Å². The maximum Gasteiger partial charge on any atom is 0.387 e. The lowest BCUT2D eigenvalue weighted by molar-refractivity contribution is -0.136. The van der Waals surface area contributed by atoms with Crippen LogP contribution in [0.2, 0.25) is 0 Å². The zero-order valence-corrected chi connectivity index (χ0v) is 15.2. The van der Waals surface area contributed by atoms with Crippen LogP contribution in [0.25, 0.3) is 0 Å². The van der Waals surface area contributed by atoms with Crippen molar-refractivity contribution in [3.8, 4) is 11.8 Å². The lowest BCUT2D eigenvalue weighted by atomic mass is 9.95. The molecule has 0 aliphatic carbocycles. The minimum Gasteiger partial charge on any atom is -0.434 e. The van der Waals surface area contributed by atoms with Crippen molar-refractivity contribution in [3.63, 3.8) is 0 Å². The fraction of sp³-hybridized carbons (Fsp3) is 0.526. The quantitative estimate of drug-likeness (QED) is 0.683. The molecule has 0 radical (unpaired) electrons. The number of alkyl halides is 2. The number of ether oxygens (including phenoxy) is 1. The summed E-state index contributed by atoms with van der Waals surface area (Å²) in [5.41, 5.74) is 0.0494. The number of carbonyl (C=O) groups excluding carboxylic acids is 2. The van der Waals surface area contributed by atoms with Gasteiger partial charge in [-0.15, -0.1) is 0 Å². The van der Waals surface area contributed by atoms with E-state index in [1.54, 1.807) is 6.07 Å². The van der Waals surface area contributed by atoms with Crippen molar-refractivity contribution >= 4 is 11.8 Å². The van der Waals surface area contributed by atoms with E-state index >= 15 is 0 Å². The van der Waals surface area contributed by atoms with Gasteiger partial charge in [0, 0.05) is 19.6 Å². The number of amides is 2. The molecule has 0 saturated carbocycles. The van der Waals surface area contributed by atoms with E-state index in [4.69, 9.17) is 5.26 Å². The predicted molar refractivity (Wildman–Crippen MR) is 94.2 cm³/mol. The Morgan fingerprint density at radius 3 is 2.81 bits per heavy atom. The average Bonchev–Trinajstić information content (AvgIpc) is 2.67. The van der Waals surface area contributed by atoms with E-state index in [2.05, 4.69) is 4.74 Å². The molecule has 0 aromatic heterocycles. The summed E-state index contributed by atoms with van der Waals surface area (Å²) in [6.45, 7) is 0.0470. The Kier molecular flexibility index (Phi) is 7.53. The molecule has 1 atom stereocenters. The molecule has 2 rings (SSSR count). The first-order chi connectivity index (χ1) is 13.0. The van der Waals surface area contributed by atoms with Crippen LogP contribution in [0.4, 0.5) is 8.78 Å². The molecular weight excluding hydrogens is 356 g/mol. The van der Waals surface area contributed by atoms with E-state index in [1.807, 2.05) is 13.0 Å². The third-order valence-corrected chi connectivity index (χ3v) is 4.46. The van der Waals surface area contributed by atoms with E-state index in [-0.39, 0.29) is 30.3 Å². The van der Waals surface area contributed by atoms with Crippen LogP contribution < -0.4 is 4.74 Å². The van der Waals surface area contributed by atoms with E-state index in [1.165, 1.54) is 28.0 Å². The molecule has 2 amide bonds. The molecule has 1 aromatic rings. The summed E-state index contributed by atoms with van der Waals surface area (Å²) < 4.78 is 29.6. The standard InChI is InChI=1S/C19H23F2N3O3/c1-2-10-23(12-9-22)17(25)14-6-5-11-24(13-14)18(26)15-7-3-4-8-16(15)27-19(20)21/h3-4,7-8,14,19H,2,5-6,10-13H2,1H3. The van der Waals surface area contributed by atoms with Gasteiger partial charge in [0.15, 0.2) is 0 Å². The van der Waals surface area contributed by atoms with Gasteiger partial charge in [-0.25, -0.2) is 0 Å². The molecule has 0 N–H and O–H groups in total. The SMILES string of the molecule is CCCN(CC#N)C(=O)C1CCCN(C(=O)c2ccccc2OC(F)F)C1. The first-order valence-electron chi connectivity index (χ1n) is 8.96. The molecule has 8 heteroatoms. The number of piperidine rings is 1. The normalized spacial score (nSPS) is 16.7. The van der Waals surface area contributed by atoms with Gasteiger partial charge in [-0.2, -0.15) is 14.0 Å². The fourth-order valence-electron chi connectivity index (χ4n) is 3.26. The molecule has 1 heterocycles. The van der Waals surface area contributed by atoms with Crippen molar-refractivity contribution in [1.29, 1.82) is 5.26 Å². The predicted octanol–water partition coefficient (Wildman–Crippen LogP) is 2.90. The maximum atomic E-state index is 12.8. The second kappa shape index (κ2) is 9.86. The first-order valence-corrected chi connectivity index (χ1v) is 8.96. The Labute approximate surface area is 157 Å². The number of likely N-dealkylation sites (tertiary alicyclic amines) is 1. The molecule has 1 aromatic carbocycles. The topological polar surface area (TPSA) is 73.6 Å². The summed E-state index contributed by atoms with van der Waals surface area (Å²) in [6, 6.07) is 7.84. The van der Waals surface area contributed by atoms with Crippen LogP contribution in [-0.2, 0) is 4.79 Å². The van der Waals surface area contributed by atoms with Gasteiger partial charge in [-0.05, 0) is 31.4 Å². The molecular formula is C19H23F2N3O3. The second-order valence-corrected chi connectivity index (χ2v) is 6.38. The van der Waals surface area contributed by atoms with Crippen molar-refractivity contribution in [2.24, 2.45) is 5.92 Å². The third kappa shape index (κ3) is 5.39. The third-order valence-electron chi connectivity index (χ3n) is 4.46. The van der Waals surface area contributed by atoms with Crippen LogP contribution in [-0.4, -0.2) is 54.4 Å². The Balaban J connectivity index is 2.13. The van der Waals surface area contributed by atoms with Crippen molar-refractivity contribution in [1.82, 2.24) is 9.80 Å². The highest BCUT2D eigenvalue weighted by molar-refractivity contribution is 5.97. The number of nitriles is 1. The summed E-state index contributed by atoms with van der Waals surface area (Å²) in [4.78, 5) is 28.5. The maximum absolute atomic E-state index is 12.8. The molecule has 1 aliphatic heterocycles. The number of benzene rings is 1. The number of para-hydroxylation sites is 1.